The maximum absolute atomic E-state index is 10.4. The minimum Gasteiger partial charge on any atom is -0.467 e. The van der Waals surface area contributed by atoms with E-state index in [1.54, 1.807) is 6.26 Å². The molecule has 2 aromatic rings. The molecule has 0 unspecified atom stereocenters. The number of carbonyl (C=O) groups is 1. The van der Waals surface area contributed by atoms with Crippen molar-refractivity contribution in [1.29, 1.82) is 0 Å². The Bertz CT molecular complexity index is 451. The van der Waals surface area contributed by atoms with Crippen LogP contribution in [0.1, 0.15) is 16.1 Å². The second-order valence-electron chi connectivity index (χ2n) is 3.37. The predicted octanol–water partition coefficient (Wildman–Crippen LogP) is 1.52. The number of rotatable bonds is 4. The third-order valence-corrected chi connectivity index (χ3v) is 2.11. The van der Waals surface area contributed by atoms with Gasteiger partial charge in [-0.15, -0.1) is 0 Å². The molecule has 0 saturated heterocycles. The molecule has 2 rings (SSSR count). The van der Waals surface area contributed by atoms with Crippen LogP contribution < -0.4 is 4.90 Å². The van der Waals surface area contributed by atoms with E-state index in [0.29, 0.717) is 18.1 Å². The van der Waals surface area contributed by atoms with Crippen LogP contribution in [0.5, 0.6) is 0 Å². The molecule has 0 spiro atoms. The third kappa shape index (κ3) is 2.25. The number of furan rings is 1. The summed E-state index contributed by atoms with van der Waals surface area (Å²) >= 11 is 0. The lowest BCUT2D eigenvalue weighted by molar-refractivity contribution is 0.112. The smallest absolute Gasteiger partial charge is 0.225 e. The molecule has 0 atom stereocenters. The van der Waals surface area contributed by atoms with Gasteiger partial charge in [-0.3, -0.25) is 4.79 Å². The number of nitrogens with zero attached hydrogens (tertiary/aromatic N) is 3. The molecular formula is C11H11N3O2. The SMILES string of the molecule is CN(Cc1ccco1)c1ncc(C=O)cn1. The summed E-state index contributed by atoms with van der Waals surface area (Å²) in [5, 5.41) is 0. The fourth-order valence-electron chi connectivity index (χ4n) is 1.30. The van der Waals surface area contributed by atoms with Gasteiger partial charge >= 0.3 is 0 Å². The lowest BCUT2D eigenvalue weighted by Crippen LogP contribution is -2.18. The molecule has 0 saturated carbocycles. The van der Waals surface area contributed by atoms with Crippen molar-refractivity contribution in [3.8, 4) is 0 Å². The molecule has 0 N–H and O–H groups in total. The van der Waals surface area contributed by atoms with E-state index in [1.807, 2.05) is 24.1 Å². The summed E-state index contributed by atoms with van der Waals surface area (Å²) < 4.78 is 5.22. The molecule has 2 heterocycles. The van der Waals surface area contributed by atoms with Gasteiger partial charge in [0.2, 0.25) is 5.95 Å². The van der Waals surface area contributed by atoms with E-state index in [9.17, 15) is 4.79 Å². The summed E-state index contributed by atoms with van der Waals surface area (Å²) in [6.45, 7) is 0.591. The molecule has 0 amide bonds. The maximum atomic E-state index is 10.4. The summed E-state index contributed by atoms with van der Waals surface area (Å²) in [7, 11) is 1.86. The largest absolute Gasteiger partial charge is 0.467 e. The van der Waals surface area contributed by atoms with Crippen LogP contribution in [0, 0.1) is 0 Å². The molecule has 0 aliphatic heterocycles. The van der Waals surface area contributed by atoms with Gasteiger partial charge in [-0.1, -0.05) is 0 Å². The van der Waals surface area contributed by atoms with E-state index in [0.717, 1.165) is 12.0 Å². The van der Waals surface area contributed by atoms with Gasteiger partial charge in [0, 0.05) is 19.4 Å². The highest BCUT2D eigenvalue weighted by molar-refractivity contribution is 5.73. The second kappa shape index (κ2) is 4.57. The fraction of sp³-hybridized carbons (Fsp3) is 0.182. The molecule has 5 heteroatoms. The van der Waals surface area contributed by atoms with Crippen molar-refractivity contribution in [3.63, 3.8) is 0 Å². The van der Waals surface area contributed by atoms with E-state index >= 15 is 0 Å². The lowest BCUT2D eigenvalue weighted by Gasteiger charge is -2.14. The molecule has 0 bridgehead atoms. The van der Waals surface area contributed by atoms with E-state index in [4.69, 9.17) is 4.42 Å². The molecule has 0 aliphatic carbocycles. The van der Waals surface area contributed by atoms with Crippen LogP contribution in [-0.4, -0.2) is 23.3 Å². The Balaban J connectivity index is 2.08. The molecule has 82 valence electrons. The normalized spacial score (nSPS) is 10.1. The Labute approximate surface area is 92.7 Å². The van der Waals surface area contributed by atoms with E-state index < -0.39 is 0 Å². The summed E-state index contributed by atoms with van der Waals surface area (Å²) in [6, 6.07) is 3.72. The van der Waals surface area contributed by atoms with Gasteiger partial charge in [0.15, 0.2) is 6.29 Å². The van der Waals surface area contributed by atoms with Crippen molar-refractivity contribution >= 4 is 12.2 Å². The molecule has 0 fully saturated rings. The first-order valence-electron chi connectivity index (χ1n) is 4.80. The van der Waals surface area contributed by atoms with Crippen LogP contribution in [0.4, 0.5) is 5.95 Å². The van der Waals surface area contributed by atoms with Crippen LogP contribution in [0.15, 0.2) is 35.2 Å². The highest BCUT2D eigenvalue weighted by Gasteiger charge is 2.06. The number of carbonyl (C=O) groups excluding carboxylic acids is 1. The predicted molar refractivity (Wildman–Crippen MR) is 58.2 cm³/mol. The number of anilines is 1. The van der Waals surface area contributed by atoms with E-state index in [-0.39, 0.29) is 0 Å². The van der Waals surface area contributed by atoms with Crippen LogP contribution in [0.2, 0.25) is 0 Å². The van der Waals surface area contributed by atoms with Crippen LogP contribution in [0.25, 0.3) is 0 Å². The van der Waals surface area contributed by atoms with Crippen molar-refractivity contribution in [2.24, 2.45) is 0 Å². The minimum absolute atomic E-state index is 0.468. The van der Waals surface area contributed by atoms with Crippen molar-refractivity contribution in [2.75, 3.05) is 11.9 Å². The van der Waals surface area contributed by atoms with Gasteiger partial charge in [-0.05, 0) is 12.1 Å². The van der Waals surface area contributed by atoms with Crippen LogP contribution in [-0.2, 0) is 6.54 Å². The van der Waals surface area contributed by atoms with Gasteiger partial charge in [-0.25, -0.2) is 9.97 Å². The molecule has 2 aromatic heterocycles. The standard InChI is InChI=1S/C11H11N3O2/c1-14(7-10-3-2-4-16-10)11-12-5-9(8-15)6-13-11/h2-6,8H,7H2,1H3. The van der Waals surface area contributed by atoms with Gasteiger partial charge in [0.1, 0.15) is 5.76 Å². The number of hydrogen-bond acceptors (Lipinski definition) is 5. The highest BCUT2D eigenvalue weighted by atomic mass is 16.3. The van der Waals surface area contributed by atoms with Crippen molar-refractivity contribution in [1.82, 2.24) is 9.97 Å². The zero-order valence-electron chi connectivity index (χ0n) is 8.83. The van der Waals surface area contributed by atoms with Gasteiger partial charge in [0.05, 0.1) is 18.4 Å². The Kier molecular flexibility index (Phi) is 2.95. The molecule has 5 nitrogen and oxygen atoms in total. The quantitative estimate of drug-likeness (QED) is 0.726. The highest BCUT2D eigenvalue weighted by Crippen LogP contribution is 2.09. The average molecular weight is 217 g/mol. The molecule has 0 aromatic carbocycles. The Morgan fingerprint density at radius 2 is 2.19 bits per heavy atom. The van der Waals surface area contributed by atoms with Gasteiger partial charge in [0.25, 0.3) is 0 Å². The fourth-order valence-corrected chi connectivity index (χ4v) is 1.30. The Hall–Kier alpha value is -2.17. The monoisotopic (exact) mass is 217 g/mol. The summed E-state index contributed by atoms with van der Waals surface area (Å²) in [5.41, 5.74) is 0.468. The van der Waals surface area contributed by atoms with Crippen LogP contribution >= 0.6 is 0 Å². The summed E-state index contributed by atoms with van der Waals surface area (Å²) in [5.74, 6) is 1.40. The number of aldehydes is 1. The van der Waals surface area contributed by atoms with Crippen molar-refractivity contribution in [3.05, 3.63) is 42.1 Å². The average Bonchev–Trinajstić information content (AvgIpc) is 2.82. The Morgan fingerprint density at radius 1 is 1.44 bits per heavy atom. The van der Waals surface area contributed by atoms with Gasteiger partial charge in [-0.2, -0.15) is 0 Å². The first-order chi connectivity index (χ1) is 7.79. The zero-order valence-corrected chi connectivity index (χ0v) is 8.83. The molecular weight excluding hydrogens is 206 g/mol. The summed E-state index contributed by atoms with van der Waals surface area (Å²) in [6.07, 6.45) is 5.33. The van der Waals surface area contributed by atoms with E-state index in [1.165, 1.54) is 12.4 Å². The summed E-state index contributed by atoms with van der Waals surface area (Å²) in [4.78, 5) is 20.4. The molecule has 0 aliphatic rings. The van der Waals surface area contributed by atoms with Crippen LogP contribution in [0.3, 0.4) is 0 Å². The lowest BCUT2D eigenvalue weighted by atomic mass is 10.4. The topological polar surface area (TPSA) is 59.2 Å². The molecule has 16 heavy (non-hydrogen) atoms. The van der Waals surface area contributed by atoms with Gasteiger partial charge < -0.3 is 9.32 Å². The second-order valence-corrected chi connectivity index (χ2v) is 3.37. The number of hydrogen-bond donors (Lipinski definition) is 0. The zero-order chi connectivity index (χ0) is 11.4. The number of aromatic nitrogens is 2. The van der Waals surface area contributed by atoms with E-state index in [2.05, 4.69) is 9.97 Å². The first-order valence-corrected chi connectivity index (χ1v) is 4.80. The Morgan fingerprint density at radius 3 is 2.75 bits per heavy atom. The van der Waals surface area contributed by atoms with Crippen molar-refractivity contribution in [2.45, 2.75) is 6.54 Å². The van der Waals surface area contributed by atoms with Crippen molar-refractivity contribution < 1.29 is 9.21 Å². The molecule has 0 radical (unpaired) electrons. The third-order valence-electron chi connectivity index (χ3n) is 2.11. The minimum atomic E-state index is 0.468. The first kappa shape index (κ1) is 10.4. The maximum Gasteiger partial charge on any atom is 0.225 e.